The molecule has 0 saturated heterocycles. The number of nitrogens with one attached hydrogen (secondary N) is 1. The Labute approximate surface area is 178 Å². The zero-order valence-electron chi connectivity index (χ0n) is 18.8. The molecule has 1 unspecified atom stereocenters. The fraction of sp³-hybridized carbons (Fsp3) is 0.857. The van der Waals surface area contributed by atoms with Crippen LogP contribution in [0.2, 0.25) is 0 Å². The minimum Gasteiger partial charge on any atom is -0.481 e. The summed E-state index contributed by atoms with van der Waals surface area (Å²) < 4.78 is 21.5. The average Bonchev–Trinajstić information content (AvgIpc) is 2.66. The van der Waals surface area contributed by atoms with Gasteiger partial charge in [0.2, 0.25) is 0 Å². The minimum absolute atomic E-state index is 0.00303. The number of hydrogen-bond acceptors (Lipinski definition) is 7. The van der Waals surface area contributed by atoms with Crippen molar-refractivity contribution in [2.24, 2.45) is 11.3 Å². The summed E-state index contributed by atoms with van der Waals surface area (Å²) >= 11 is 0. The van der Waals surface area contributed by atoms with E-state index in [1.807, 2.05) is 0 Å². The van der Waals surface area contributed by atoms with Gasteiger partial charge in [0.25, 0.3) is 12.1 Å². The average molecular weight is 432 g/mol. The molecule has 30 heavy (non-hydrogen) atoms. The lowest BCUT2D eigenvalue weighted by Gasteiger charge is -2.36. The highest BCUT2D eigenvalue weighted by molar-refractivity contribution is 5.77. The molecule has 0 spiro atoms. The molecule has 0 aromatic carbocycles. The number of carboxylic acid groups (broad SMARTS) is 1. The summed E-state index contributed by atoms with van der Waals surface area (Å²) in [6.07, 6.45) is 2.51. The number of ether oxygens (including phenoxy) is 4. The number of esters is 1. The lowest BCUT2D eigenvalue weighted by Crippen LogP contribution is -2.47. The van der Waals surface area contributed by atoms with Gasteiger partial charge in [0, 0.05) is 32.6 Å². The summed E-state index contributed by atoms with van der Waals surface area (Å²) in [7, 11) is 0. The maximum absolute atomic E-state index is 12.6. The van der Waals surface area contributed by atoms with Crippen LogP contribution in [0.4, 0.5) is 4.79 Å². The zero-order chi connectivity index (χ0) is 22.8. The summed E-state index contributed by atoms with van der Waals surface area (Å²) in [5, 5.41) is 11.9. The van der Waals surface area contributed by atoms with E-state index in [-0.39, 0.29) is 32.1 Å². The number of hydrogen-bond donors (Lipinski definition) is 2. The van der Waals surface area contributed by atoms with Crippen LogP contribution in [0, 0.1) is 11.3 Å². The first-order valence-electron chi connectivity index (χ1n) is 10.7. The number of carbonyl (C=O) groups excluding carboxylic acids is 2. The Kier molecular flexibility index (Phi) is 10.6. The molecular weight excluding hydrogens is 394 g/mol. The Morgan fingerprint density at radius 2 is 1.60 bits per heavy atom. The fourth-order valence-corrected chi connectivity index (χ4v) is 3.66. The molecule has 0 radical (unpaired) electrons. The van der Waals surface area contributed by atoms with Gasteiger partial charge in [0.15, 0.2) is 0 Å². The van der Waals surface area contributed by atoms with E-state index >= 15 is 0 Å². The summed E-state index contributed by atoms with van der Waals surface area (Å²) in [6.45, 7) is 9.09. The van der Waals surface area contributed by atoms with E-state index in [2.05, 4.69) is 5.32 Å². The van der Waals surface area contributed by atoms with Crippen molar-refractivity contribution in [3.63, 3.8) is 0 Å². The standard InChI is InChI=1S/C21H37NO8/c1-6-27-20(5,28-7-2)18(25)29-17(15(3)4)30-19(26)22-14-21(13-16(23)24)11-9-8-10-12-21/h15,17H,6-14H2,1-5H3,(H,22,26)(H,23,24). The van der Waals surface area contributed by atoms with Gasteiger partial charge >= 0.3 is 18.0 Å². The summed E-state index contributed by atoms with van der Waals surface area (Å²) in [5.74, 6) is -3.57. The molecule has 1 aliphatic carbocycles. The molecule has 0 aromatic heterocycles. The summed E-state index contributed by atoms with van der Waals surface area (Å²) in [4.78, 5) is 36.2. The van der Waals surface area contributed by atoms with Crippen molar-refractivity contribution in [3.05, 3.63) is 0 Å². The topological polar surface area (TPSA) is 120 Å². The van der Waals surface area contributed by atoms with Crippen LogP contribution in [0.25, 0.3) is 0 Å². The number of carboxylic acids is 1. The number of alkyl carbamates (subject to hydrolysis) is 1. The maximum Gasteiger partial charge on any atom is 0.410 e. The molecule has 9 heteroatoms. The number of amides is 1. The first kappa shape index (κ1) is 26.2. The predicted molar refractivity (Wildman–Crippen MR) is 109 cm³/mol. The molecular formula is C21H37NO8. The highest BCUT2D eigenvalue weighted by Gasteiger charge is 2.40. The molecule has 0 heterocycles. The Bertz CT molecular complexity index is 565. The van der Waals surface area contributed by atoms with E-state index in [9.17, 15) is 19.5 Å². The quantitative estimate of drug-likeness (QED) is 0.356. The Balaban J connectivity index is 2.72. The van der Waals surface area contributed by atoms with Crippen LogP contribution in [0.1, 0.15) is 73.1 Å². The lowest BCUT2D eigenvalue weighted by atomic mass is 9.72. The van der Waals surface area contributed by atoms with Gasteiger partial charge in [-0.2, -0.15) is 0 Å². The predicted octanol–water partition coefficient (Wildman–Crippen LogP) is 3.45. The van der Waals surface area contributed by atoms with Crippen LogP contribution in [0.5, 0.6) is 0 Å². The monoisotopic (exact) mass is 431 g/mol. The van der Waals surface area contributed by atoms with E-state index in [4.69, 9.17) is 18.9 Å². The van der Waals surface area contributed by atoms with Crippen molar-refractivity contribution < 1.29 is 38.4 Å². The second-order valence-electron chi connectivity index (χ2n) is 8.22. The van der Waals surface area contributed by atoms with Gasteiger partial charge in [-0.1, -0.05) is 33.1 Å². The SMILES string of the molecule is CCOC(C)(OCC)C(=O)OC(OC(=O)NCC1(CC(=O)O)CCCCC1)C(C)C. The van der Waals surface area contributed by atoms with Crippen LogP contribution in [-0.2, 0) is 28.5 Å². The van der Waals surface area contributed by atoms with Gasteiger partial charge in [0.05, 0.1) is 6.42 Å². The zero-order valence-corrected chi connectivity index (χ0v) is 18.8. The molecule has 2 N–H and O–H groups in total. The molecule has 174 valence electrons. The van der Waals surface area contributed by atoms with E-state index < -0.39 is 35.5 Å². The fourth-order valence-electron chi connectivity index (χ4n) is 3.66. The van der Waals surface area contributed by atoms with Crippen LogP contribution >= 0.6 is 0 Å². The maximum atomic E-state index is 12.6. The molecule has 1 aliphatic rings. The number of rotatable bonds is 12. The third kappa shape index (κ3) is 8.10. The summed E-state index contributed by atoms with van der Waals surface area (Å²) in [5.41, 5.74) is -0.477. The van der Waals surface area contributed by atoms with Crippen LogP contribution in [0.15, 0.2) is 0 Å². The molecule has 1 fully saturated rings. The highest BCUT2D eigenvalue weighted by Crippen LogP contribution is 2.38. The van der Waals surface area contributed by atoms with Crippen molar-refractivity contribution in [3.8, 4) is 0 Å². The van der Waals surface area contributed by atoms with Crippen molar-refractivity contribution in [2.45, 2.75) is 85.2 Å². The van der Waals surface area contributed by atoms with Gasteiger partial charge in [-0.05, 0) is 32.1 Å². The van der Waals surface area contributed by atoms with Gasteiger partial charge < -0.3 is 29.4 Å². The van der Waals surface area contributed by atoms with Crippen molar-refractivity contribution >= 4 is 18.0 Å². The largest absolute Gasteiger partial charge is 0.481 e. The van der Waals surface area contributed by atoms with Gasteiger partial charge in [0.1, 0.15) is 0 Å². The van der Waals surface area contributed by atoms with Gasteiger partial charge in [-0.25, -0.2) is 9.59 Å². The first-order valence-corrected chi connectivity index (χ1v) is 10.7. The molecule has 1 saturated carbocycles. The molecule has 1 rings (SSSR count). The normalized spacial score (nSPS) is 17.3. The van der Waals surface area contributed by atoms with Crippen molar-refractivity contribution in [1.82, 2.24) is 5.32 Å². The van der Waals surface area contributed by atoms with E-state index in [1.54, 1.807) is 27.7 Å². The van der Waals surface area contributed by atoms with Crippen LogP contribution in [0.3, 0.4) is 0 Å². The Morgan fingerprint density at radius 3 is 2.07 bits per heavy atom. The molecule has 0 bridgehead atoms. The molecule has 0 aliphatic heterocycles. The first-order chi connectivity index (χ1) is 14.1. The minimum atomic E-state index is -1.59. The van der Waals surface area contributed by atoms with Crippen molar-refractivity contribution in [2.75, 3.05) is 19.8 Å². The Morgan fingerprint density at radius 1 is 1.03 bits per heavy atom. The van der Waals surface area contributed by atoms with Gasteiger partial charge in [-0.15, -0.1) is 0 Å². The molecule has 0 aromatic rings. The van der Waals surface area contributed by atoms with Crippen LogP contribution in [-0.4, -0.2) is 55.0 Å². The lowest BCUT2D eigenvalue weighted by molar-refractivity contribution is -0.253. The second-order valence-corrected chi connectivity index (χ2v) is 8.22. The molecule has 9 nitrogen and oxygen atoms in total. The second kappa shape index (κ2) is 12.1. The van der Waals surface area contributed by atoms with E-state index in [0.717, 1.165) is 32.1 Å². The third-order valence-corrected chi connectivity index (χ3v) is 5.25. The smallest absolute Gasteiger partial charge is 0.410 e. The molecule has 1 atom stereocenters. The number of carbonyl (C=O) groups is 3. The molecule has 1 amide bonds. The summed E-state index contributed by atoms with van der Waals surface area (Å²) in [6, 6.07) is 0. The third-order valence-electron chi connectivity index (χ3n) is 5.25. The number of aliphatic carboxylic acids is 1. The van der Waals surface area contributed by atoms with Crippen molar-refractivity contribution in [1.29, 1.82) is 0 Å². The Hall–Kier alpha value is -1.87. The highest BCUT2D eigenvalue weighted by atomic mass is 16.8. The van der Waals surface area contributed by atoms with E-state index in [1.165, 1.54) is 6.92 Å². The van der Waals surface area contributed by atoms with E-state index in [0.29, 0.717) is 0 Å². The van der Waals surface area contributed by atoms with Crippen LogP contribution < -0.4 is 5.32 Å². The van der Waals surface area contributed by atoms with Gasteiger partial charge in [-0.3, -0.25) is 4.79 Å².